The van der Waals surface area contributed by atoms with Crippen molar-refractivity contribution in [3.8, 4) is 17.4 Å². The Bertz CT molecular complexity index is 573. The second-order valence-electron chi connectivity index (χ2n) is 4.41. The summed E-state index contributed by atoms with van der Waals surface area (Å²) in [5, 5.41) is 3.20. The lowest BCUT2D eigenvalue weighted by molar-refractivity contribution is 0.369. The van der Waals surface area contributed by atoms with Gasteiger partial charge in [0.1, 0.15) is 12.1 Å². The lowest BCUT2D eigenvalue weighted by atomic mass is 10.2. The van der Waals surface area contributed by atoms with Gasteiger partial charge >= 0.3 is 0 Å². The lowest BCUT2D eigenvalue weighted by Crippen LogP contribution is -2.05. The second-order valence-corrected chi connectivity index (χ2v) is 4.41. The molecular weight excluding hydrogens is 254 g/mol. The summed E-state index contributed by atoms with van der Waals surface area (Å²) in [4.78, 5) is 8.32. The standard InChI is InChI=1S/C15H19N3O2/c1-4-8-16-14-13(19-3)15(18-10-17-14)20-12-7-5-6-11(2)9-12/h5-7,9-10H,4,8H2,1-3H3,(H,16,17,18). The highest BCUT2D eigenvalue weighted by molar-refractivity contribution is 5.55. The number of nitrogens with zero attached hydrogens (tertiary/aromatic N) is 2. The van der Waals surface area contributed by atoms with Crippen LogP contribution in [-0.4, -0.2) is 23.6 Å². The molecule has 1 aromatic heterocycles. The fourth-order valence-electron chi connectivity index (χ4n) is 1.77. The molecule has 1 aromatic carbocycles. The van der Waals surface area contributed by atoms with Crippen LogP contribution in [0.4, 0.5) is 5.82 Å². The van der Waals surface area contributed by atoms with E-state index in [-0.39, 0.29) is 0 Å². The molecule has 0 saturated carbocycles. The van der Waals surface area contributed by atoms with E-state index in [1.807, 2.05) is 31.2 Å². The number of nitrogens with one attached hydrogen (secondary N) is 1. The van der Waals surface area contributed by atoms with E-state index in [9.17, 15) is 0 Å². The third kappa shape index (κ3) is 3.38. The fourth-order valence-corrected chi connectivity index (χ4v) is 1.77. The molecule has 0 radical (unpaired) electrons. The number of aromatic nitrogens is 2. The number of methoxy groups -OCH3 is 1. The van der Waals surface area contributed by atoms with Crippen LogP contribution in [0.3, 0.4) is 0 Å². The maximum absolute atomic E-state index is 5.79. The average Bonchev–Trinajstić information content (AvgIpc) is 2.45. The van der Waals surface area contributed by atoms with E-state index in [1.54, 1.807) is 7.11 Å². The van der Waals surface area contributed by atoms with Crippen LogP contribution in [0.2, 0.25) is 0 Å². The predicted octanol–water partition coefficient (Wildman–Crippen LogP) is 3.41. The lowest BCUT2D eigenvalue weighted by Gasteiger charge is -2.13. The van der Waals surface area contributed by atoms with Crippen molar-refractivity contribution in [3.63, 3.8) is 0 Å². The topological polar surface area (TPSA) is 56.3 Å². The molecule has 0 fully saturated rings. The molecule has 0 atom stereocenters. The van der Waals surface area contributed by atoms with E-state index in [0.29, 0.717) is 17.4 Å². The van der Waals surface area contributed by atoms with Crippen molar-refractivity contribution in [2.24, 2.45) is 0 Å². The first-order chi connectivity index (χ1) is 9.74. The number of benzene rings is 1. The summed E-state index contributed by atoms with van der Waals surface area (Å²) in [6, 6.07) is 7.78. The first kappa shape index (κ1) is 14.1. The molecule has 2 rings (SSSR count). The van der Waals surface area contributed by atoms with Gasteiger partial charge in [-0.25, -0.2) is 4.98 Å². The van der Waals surface area contributed by atoms with Crippen LogP contribution in [0.5, 0.6) is 17.4 Å². The van der Waals surface area contributed by atoms with Gasteiger partial charge in [-0.05, 0) is 31.0 Å². The van der Waals surface area contributed by atoms with Gasteiger partial charge in [-0.15, -0.1) is 0 Å². The minimum atomic E-state index is 0.409. The number of hydrogen-bond acceptors (Lipinski definition) is 5. The van der Waals surface area contributed by atoms with E-state index in [4.69, 9.17) is 9.47 Å². The van der Waals surface area contributed by atoms with Gasteiger partial charge in [-0.1, -0.05) is 19.1 Å². The summed E-state index contributed by atoms with van der Waals surface area (Å²) < 4.78 is 11.1. The van der Waals surface area contributed by atoms with Crippen LogP contribution < -0.4 is 14.8 Å². The van der Waals surface area contributed by atoms with Crippen LogP contribution in [0.25, 0.3) is 0 Å². The molecule has 0 saturated heterocycles. The van der Waals surface area contributed by atoms with E-state index < -0.39 is 0 Å². The first-order valence-electron chi connectivity index (χ1n) is 6.62. The molecule has 0 aliphatic heterocycles. The monoisotopic (exact) mass is 273 g/mol. The van der Waals surface area contributed by atoms with Crippen molar-refractivity contribution in [2.45, 2.75) is 20.3 Å². The van der Waals surface area contributed by atoms with Crippen LogP contribution >= 0.6 is 0 Å². The maximum atomic E-state index is 5.79. The highest BCUT2D eigenvalue weighted by atomic mass is 16.5. The Morgan fingerprint density at radius 3 is 2.80 bits per heavy atom. The Morgan fingerprint density at radius 2 is 2.10 bits per heavy atom. The van der Waals surface area contributed by atoms with Gasteiger partial charge in [0.15, 0.2) is 5.82 Å². The van der Waals surface area contributed by atoms with E-state index >= 15 is 0 Å². The average molecular weight is 273 g/mol. The van der Waals surface area contributed by atoms with Crippen molar-refractivity contribution in [3.05, 3.63) is 36.2 Å². The highest BCUT2D eigenvalue weighted by Crippen LogP contribution is 2.34. The Hall–Kier alpha value is -2.30. The van der Waals surface area contributed by atoms with Crippen LogP contribution in [0.1, 0.15) is 18.9 Å². The van der Waals surface area contributed by atoms with Crippen LogP contribution in [0, 0.1) is 6.92 Å². The molecular formula is C15H19N3O2. The van der Waals surface area contributed by atoms with Gasteiger partial charge in [-0.2, -0.15) is 4.98 Å². The quantitative estimate of drug-likeness (QED) is 0.874. The van der Waals surface area contributed by atoms with Crippen molar-refractivity contribution in [1.82, 2.24) is 9.97 Å². The fraction of sp³-hybridized carbons (Fsp3) is 0.333. The molecule has 0 unspecified atom stereocenters. The molecule has 0 spiro atoms. The molecule has 5 nitrogen and oxygen atoms in total. The molecule has 1 heterocycles. The Labute approximate surface area is 119 Å². The van der Waals surface area contributed by atoms with Gasteiger partial charge in [0.05, 0.1) is 7.11 Å². The SMILES string of the molecule is CCCNc1ncnc(Oc2cccc(C)c2)c1OC. The minimum absolute atomic E-state index is 0.409. The Kier molecular flexibility index (Phi) is 4.76. The summed E-state index contributed by atoms with van der Waals surface area (Å²) in [5.41, 5.74) is 1.12. The normalized spacial score (nSPS) is 10.2. The van der Waals surface area contributed by atoms with Gasteiger partial charge in [-0.3, -0.25) is 0 Å². The molecule has 0 amide bonds. The van der Waals surface area contributed by atoms with Crippen molar-refractivity contribution in [1.29, 1.82) is 0 Å². The zero-order chi connectivity index (χ0) is 14.4. The van der Waals surface area contributed by atoms with Crippen LogP contribution in [0.15, 0.2) is 30.6 Å². The summed E-state index contributed by atoms with van der Waals surface area (Å²) in [5.74, 6) is 2.30. The third-order valence-electron chi connectivity index (χ3n) is 2.72. The zero-order valence-electron chi connectivity index (χ0n) is 12.0. The van der Waals surface area contributed by atoms with Gasteiger partial charge < -0.3 is 14.8 Å². The van der Waals surface area contributed by atoms with E-state index in [1.165, 1.54) is 6.33 Å². The Morgan fingerprint density at radius 1 is 1.25 bits per heavy atom. The Balaban J connectivity index is 2.26. The molecule has 0 aliphatic rings. The molecule has 0 bridgehead atoms. The predicted molar refractivity (Wildman–Crippen MR) is 78.6 cm³/mol. The maximum Gasteiger partial charge on any atom is 0.268 e. The molecule has 5 heteroatoms. The molecule has 1 N–H and O–H groups in total. The molecule has 0 aliphatic carbocycles. The van der Waals surface area contributed by atoms with Gasteiger partial charge in [0, 0.05) is 6.54 Å². The van der Waals surface area contributed by atoms with E-state index in [0.717, 1.165) is 24.3 Å². The number of ether oxygens (including phenoxy) is 2. The highest BCUT2D eigenvalue weighted by Gasteiger charge is 2.13. The second kappa shape index (κ2) is 6.75. The summed E-state index contributed by atoms with van der Waals surface area (Å²) in [6.07, 6.45) is 2.47. The summed E-state index contributed by atoms with van der Waals surface area (Å²) in [7, 11) is 1.58. The zero-order valence-corrected chi connectivity index (χ0v) is 12.0. The third-order valence-corrected chi connectivity index (χ3v) is 2.72. The number of rotatable bonds is 6. The summed E-state index contributed by atoms with van der Waals surface area (Å²) in [6.45, 7) is 4.92. The van der Waals surface area contributed by atoms with E-state index in [2.05, 4.69) is 22.2 Å². The smallest absolute Gasteiger partial charge is 0.268 e. The summed E-state index contributed by atoms with van der Waals surface area (Å²) >= 11 is 0. The van der Waals surface area contributed by atoms with Gasteiger partial charge in [0.25, 0.3) is 5.88 Å². The molecule has 20 heavy (non-hydrogen) atoms. The van der Waals surface area contributed by atoms with Crippen molar-refractivity contribution >= 4 is 5.82 Å². The number of aryl methyl sites for hydroxylation is 1. The number of anilines is 1. The van der Waals surface area contributed by atoms with Crippen molar-refractivity contribution in [2.75, 3.05) is 19.0 Å². The molecule has 2 aromatic rings. The minimum Gasteiger partial charge on any atom is -0.489 e. The van der Waals surface area contributed by atoms with Gasteiger partial charge in [0.2, 0.25) is 5.75 Å². The molecule has 106 valence electrons. The van der Waals surface area contributed by atoms with Crippen LogP contribution in [-0.2, 0) is 0 Å². The largest absolute Gasteiger partial charge is 0.489 e. The first-order valence-corrected chi connectivity index (χ1v) is 6.62. The number of hydrogen-bond donors (Lipinski definition) is 1. The van der Waals surface area contributed by atoms with Crippen molar-refractivity contribution < 1.29 is 9.47 Å².